The predicted octanol–water partition coefficient (Wildman–Crippen LogP) is 1.25. The highest BCUT2D eigenvalue weighted by molar-refractivity contribution is 5.62. The second-order valence-electron chi connectivity index (χ2n) is 3.45. The van der Waals surface area contributed by atoms with E-state index in [0.717, 1.165) is 22.8 Å². The molecular weight excluding hydrogens is 188 g/mol. The molecule has 2 aromatic heterocycles. The first-order chi connectivity index (χ1) is 7.24. The van der Waals surface area contributed by atoms with Crippen molar-refractivity contribution in [1.82, 2.24) is 14.5 Å². The van der Waals surface area contributed by atoms with Gasteiger partial charge in [-0.3, -0.25) is 4.98 Å². The van der Waals surface area contributed by atoms with Gasteiger partial charge in [0.05, 0.1) is 11.4 Å². The van der Waals surface area contributed by atoms with Crippen molar-refractivity contribution in [3.63, 3.8) is 0 Å². The smallest absolute Gasteiger partial charge is 0.106 e. The summed E-state index contributed by atoms with van der Waals surface area (Å²) >= 11 is 0. The molecule has 2 aromatic rings. The van der Waals surface area contributed by atoms with E-state index in [1.807, 2.05) is 26.1 Å². The van der Waals surface area contributed by atoms with Crippen LogP contribution in [-0.2, 0) is 13.6 Å². The van der Waals surface area contributed by atoms with Crippen LogP contribution in [0.2, 0.25) is 0 Å². The number of pyridine rings is 1. The normalized spacial score (nSPS) is 10.6. The molecular formula is C11H14N4. The minimum Gasteiger partial charge on any atom is -0.331 e. The second-order valence-corrected chi connectivity index (χ2v) is 3.45. The van der Waals surface area contributed by atoms with Gasteiger partial charge >= 0.3 is 0 Å². The molecule has 0 spiro atoms. The summed E-state index contributed by atoms with van der Waals surface area (Å²) in [6.07, 6.45) is 3.55. The highest BCUT2D eigenvalue weighted by Gasteiger charge is 2.12. The van der Waals surface area contributed by atoms with Crippen LogP contribution in [0.25, 0.3) is 11.3 Å². The zero-order valence-electron chi connectivity index (χ0n) is 8.94. The largest absolute Gasteiger partial charge is 0.331 e. The van der Waals surface area contributed by atoms with Crippen molar-refractivity contribution in [2.24, 2.45) is 12.8 Å². The van der Waals surface area contributed by atoms with Crippen LogP contribution in [0.5, 0.6) is 0 Å². The van der Waals surface area contributed by atoms with Crippen LogP contribution >= 0.6 is 0 Å². The maximum atomic E-state index is 5.68. The summed E-state index contributed by atoms with van der Waals surface area (Å²) in [5.41, 5.74) is 8.80. The zero-order chi connectivity index (χ0) is 10.8. The summed E-state index contributed by atoms with van der Waals surface area (Å²) in [5.74, 6) is 0.974. The van der Waals surface area contributed by atoms with Crippen LogP contribution < -0.4 is 5.73 Å². The summed E-state index contributed by atoms with van der Waals surface area (Å²) < 4.78 is 2.05. The van der Waals surface area contributed by atoms with Gasteiger partial charge in [-0.25, -0.2) is 4.98 Å². The summed E-state index contributed by atoms with van der Waals surface area (Å²) in [5, 5.41) is 0. The van der Waals surface area contributed by atoms with Gasteiger partial charge in [0.1, 0.15) is 5.82 Å². The van der Waals surface area contributed by atoms with Crippen LogP contribution in [0.4, 0.5) is 0 Å². The number of hydrogen-bond donors (Lipinski definition) is 1. The average molecular weight is 202 g/mol. The maximum absolute atomic E-state index is 5.68. The van der Waals surface area contributed by atoms with Crippen LogP contribution in [0.1, 0.15) is 11.5 Å². The van der Waals surface area contributed by atoms with Crippen molar-refractivity contribution in [3.8, 4) is 11.3 Å². The van der Waals surface area contributed by atoms with Gasteiger partial charge in [-0.05, 0) is 19.1 Å². The van der Waals surface area contributed by atoms with E-state index in [-0.39, 0.29) is 0 Å². The van der Waals surface area contributed by atoms with Crippen molar-refractivity contribution in [2.45, 2.75) is 13.5 Å². The molecule has 0 aliphatic carbocycles. The Morgan fingerprint density at radius 2 is 2.00 bits per heavy atom. The molecule has 0 unspecified atom stereocenters. The van der Waals surface area contributed by atoms with E-state index in [1.165, 1.54) is 0 Å². The first-order valence-electron chi connectivity index (χ1n) is 4.86. The number of nitrogens with two attached hydrogens (primary N) is 1. The van der Waals surface area contributed by atoms with Gasteiger partial charge in [-0.2, -0.15) is 0 Å². The Hall–Kier alpha value is -1.68. The van der Waals surface area contributed by atoms with Gasteiger partial charge in [-0.1, -0.05) is 0 Å². The lowest BCUT2D eigenvalue weighted by Gasteiger charge is -2.05. The topological polar surface area (TPSA) is 56.7 Å². The molecule has 0 atom stereocenters. The Morgan fingerprint density at radius 1 is 1.33 bits per heavy atom. The fraction of sp³-hybridized carbons (Fsp3) is 0.273. The third kappa shape index (κ3) is 1.64. The first-order valence-corrected chi connectivity index (χ1v) is 4.86. The highest BCUT2D eigenvalue weighted by atomic mass is 15.1. The van der Waals surface area contributed by atoms with E-state index in [2.05, 4.69) is 14.5 Å². The van der Waals surface area contributed by atoms with Crippen molar-refractivity contribution < 1.29 is 0 Å². The molecule has 0 amide bonds. The van der Waals surface area contributed by atoms with E-state index < -0.39 is 0 Å². The Labute approximate surface area is 88.8 Å². The fourth-order valence-electron chi connectivity index (χ4n) is 1.69. The maximum Gasteiger partial charge on any atom is 0.106 e. The molecule has 2 rings (SSSR count). The molecule has 0 aliphatic heterocycles. The van der Waals surface area contributed by atoms with Crippen LogP contribution in [0.3, 0.4) is 0 Å². The molecule has 0 aromatic carbocycles. The van der Waals surface area contributed by atoms with Crippen LogP contribution in [0.15, 0.2) is 24.5 Å². The highest BCUT2D eigenvalue weighted by Crippen LogP contribution is 2.23. The van der Waals surface area contributed by atoms with Gasteiger partial charge in [0.15, 0.2) is 0 Å². The lowest BCUT2D eigenvalue weighted by atomic mass is 10.1. The van der Waals surface area contributed by atoms with E-state index in [4.69, 9.17) is 5.73 Å². The summed E-state index contributed by atoms with van der Waals surface area (Å²) in [4.78, 5) is 8.42. The Kier molecular flexibility index (Phi) is 2.51. The summed E-state index contributed by atoms with van der Waals surface area (Å²) in [6.45, 7) is 2.43. The van der Waals surface area contributed by atoms with E-state index in [1.54, 1.807) is 12.4 Å². The number of aryl methyl sites for hydroxylation is 1. The van der Waals surface area contributed by atoms with E-state index in [0.29, 0.717) is 6.54 Å². The van der Waals surface area contributed by atoms with Crippen molar-refractivity contribution in [2.75, 3.05) is 0 Å². The summed E-state index contributed by atoms with van der Waals surface area (Å²) in [6, 6.07) is 3.94. The Balaban J connectivity index is 2.61. The minimum atomic E-state index is 0.458. The van der Waals surface area contributed by atoms with Gasteiger partial charge in [0.25, 0.3) is 0 Å². The Morgan fingerprint density at radius 3 is 2.60 bits per heavy atom. The van der Waals surface area contributed by atoms with Crippen molar-refractivity contribution in [1.29, 1.82) is 0 Å². The standard InChI is InChI=1S/C11H14N4/c1-8-14-10(7-12)11(15(8)2)9-3-5-13-6-4-9/h3-6H,7,12H2,1-2H3. The van der Waals surface area contributed by atoms with Crippen molar-refractivity contribution in [3.05, 3.63) is 36.0 Å². The van der Waals surface area contributed by atoms with Gasteiger partial charge in [-0.15, -0.1) is 0 Å². The van der Waals surface area contributed by atoms with Crippen LogP contribution in [0, 0.1) is 6.92 Å². The molecule has 0 radical (unpaired) electrons. The molecule has 2 heterocycles. The molecule has 2 N–H and O–H groups in total. The predicted molar refractivity (Wildman–Crippen MR) is 59.1 cm³/mol. The minimum absolute atomic E-state index is 0.458. The molecule has 0 saturated carbocycles. The fourth-order valence-corrected chi connectivity index (χ4v) is 1.69. The number of hydrogen-bond acceptors (Lipinski definition) is 3. The Bertz CT molecular complexity index is 459. The molecule has 0 saturated heterocycles. The third-order valence-electron chi connectivity index (χ3n) is 2.54. The van der Waals surface area contributed by atoms with Gasteiger partial charge < -0.3 is 10.3 Å². The van der Waals surface area contributed by atoms with E-state index in [9.17, 15) is 0 Å². The first kappa shape index (κ1) is 9.86. The quantitative estimate of drug-likeness (QED) is 0.797. The average Bonchev–Trinajstić information content (AvgIpc) is 2.56. The SMILES string of the molecule is Cc1nc(CN)c(-c2ccncc2)n1C. The number of nitrogens with zero attached hydrogens (tertiary/aromatic N) is 3. The van der Waals surface area contributed by atoms with Crippen LogP contribution in [-0.4, -0.2) is 14.5 Å². The van der Waals surface area contributed by atoms with E-state index >= 15 is 0 Å². The molecule has 15 heavy (non-hydrogen) atoms. The lowest BCUT2D eigenvalue weighted by molar-refractivity contribution is 0.865. The molecule has 0 aliphatic rings. The summed E-state index contributed by atoms with van der Waals surface area (Å²) in [7, 11) is 2.00. The number of aromatic nitrogens is 3. The molecule has 0 bridgehead atoms. The third-order valence-corrected chi connectivity index (χ3v) is 2.54. The number of rotatable bonds is 2. The molecule has 78 valence electrons. The molecule has 4 nitrogen and oxygen atoms in total. The van der Waals surface area contributed by atoms with Gasteiger partial charge in [0.2, 0.25) is 0 Å². The number of imidazole rings is 1. The molecule has 4 heteroatoms. The second kappa shape index (κ2) is 3.82. The van der Waals surface area contributed by atoms with Crippen molar-refractivity contribution >= 4 is 0 Å². The monoisotopic (exact) mass is 202 g/mol. The van der Waals surface area contributed by atoms with Gasteiger partial charge in [0, 0.05) is 31.5 Å². The molecule has 0 fully saturated rings. The zero-order valence-corrected chi connectivity index (χ0v) is 8.94. The lowest BCUT2D eigenvalue weighted by Crippen LogP contribution is -2.00.